The number of hydrogen-bond acceptors (Lipinski definition) is 6. The normalized spacial score (nSPS) is 18.6. The SMILES string of the molecule is CCOc1ccc(OCC(=O)N2CCCC(c3nn(CCOC)c(=O)n3C3CC3)C2)cc1. The van der Waals surface area contributed by atoms with Crippen LogP contribution in [-0.2, 0) is 16.1 Å². The minimum atomic E-state index is -0.0677. The van der Waals surface area contributed by atoms with Gasteiger partial charge in [0.05, 0.1) is 19.8 Å². The zero-order chi connectivity index (χ0) is 22.5. The highest BCUT2D eigenvalue weighted by atomic mass is 16.5. The molecule has 1 saturated heterocycles. The van der Waals surface area contributed by atoms with Crippen molar-refractivity contribution in [2.45, 2.75) is 51.1 Å². The van der Waals surface area contributed by atoms with Crippen LogP contribution in [-0.4, -0.2) is 65.2 Å². The molecule has 1 saturated carbocycles. The zero-order valence-corrected chi connectivity index (χ0v) is 18.9. The van der Waals surface area contributed by atoms with Gasteiger partial charge in [-0.25, -0.2) is 9.48 Å². The van der Waals surface area contributed by atoms with Gasteiger partial charge in [-0.05, 0) is 56.9 Å². The zero-order valence-electron chi connectivity index (χ0n) is 18.9. The number of methoxy groups -OCH3 is 1. The molecule has 9 nitrogen and oxygen atoms in total. The van der Waals surface area contributed by atoms with Crippen molar-refractivity contribution < 1.29 is 19.0 Å². The molecule has 1 atom stereocenters. The predicted molar refractivity (Wildman–Crippen MR) is 118 cm³/mol. The third-order valence-electron chi connectivity index (χ3n) is 5.95. The highest BCUT2D eigenvalue weighted by molar-refractivity contribution is 5.78. The smallest absolute Gasteiger partial charge is 0.346 e. The molecule has 2 heterocycles. The summed E-state index contributed by atoms with van der Waals surface area (Å²) in [7, 11) is 1.61. The van der Waals surface area contributed by atoms with E-state index in [0.717, 1.165) is 37.3 Å². The quantitative estimate of drug-likeness (QED) is 0.558. The van der Waals surface area contributed by atoms with Gasteiger partial charge in [0.2, 0.25) is 0 Å². The molecule has 0 bridgehead atoms. The Morgan fingerprint density at radius 3 is 2.50 bits per heavy atom. The van der Waals surface area contributed by atoms with Crippen molar-refractivity contribution in [1.29, 1.82) is 0 Å². The number of rotatable bonds is 10. The van der Waals surface area contributed by atoms with Crippen LogP contribution in [0.1, 0.15) is 50.4 Å². The molecule has 9 heteroatoms. The molecule has 0 radical (unpaired) electrons. The molecule has 32 heavy (non-hydrogen) atoms. The van der Waals surface area contributed by atoms with Crippen molar-refractivity contribution in [3.63, 3.8) is 0 Å². The second-order valence-electron chi connectivity index (χ2n) is 8.33. The molecule has 2 aliphatic rings. The average Bonchev–Trinajstić information content (AvgIpc) is 3.60. The number of carbonyl (C=O) groups excluding carboxylic acids is 1. The Hall–Kier alpha value is -2.81. The fourth-order valence-electron chi connectivity index (χ4n) is 4.16. The summed E-state index contributed by atoms with van der Waals surface area (Å²) in [5, 5.41) is 4.65. The summed E-state index contributed by atoms with van der Waals surface area (Å²) in [6.45, 7) is 4.65. The number of carbonyl (C=O) groups is 1. The lowest BCUT2D eigenvalue weighted by molar-refractivity contribution is -0.134. The van der Waals surface area contributed by atoms with E-state index in [-0.39, 0.29) is 30.2 Å². The number of aromatic nitrogens is 3. The van der Waals surface area contributed by atoms with Crippen molar-refractivity contribution in [2.75, 3.05) is 40.0 Å². The maximum Gasteiger partial charge on any atom is 0.346 e. The molecule has 0 N–H and O–H groups in total. The van der Waals surface area contributed by atoms with Gasteiger partial charge in [-0.3, -0.25) is 9.36 Å². The van der Waals surface area contributed by atoms with Crippen LogP contribution in [0.3, 0.4) is 0 Å². The first-order valence-corrected chi connectivity index (χ1v) is 11.4. The molecule has 4 rings (SSSR count). The first-order chi connectivity index (χ1) is 15.6. The van der Waals surface area contributed by atoms with Crippen LogP contribution >= 0.6 is 0 Å². The topological polar surface area (TPSA) is 87.8 Å². The van der Waals surface area contributed by atoms with Crippen LogP contribution in [0, 0.1) is 0 Å². The second-order valence-corrected chi connectivity index (χ2v) is 8.33. The van der Waals surface area contributed by atoms with E-state index in [1.165, 1.54) is 4.68 Å². The molecule has 1 aromatic heterocycles. The lowest BCUT2D eigenvalue weighted by atomic mass is 9.97. The Kier molecular flexibility index (Phi) is 7.14. The number of piperidine rings is 1. The van der Waals surface area contributed by atoms with Gasteiger partial charge in [-0.15, -0.1) is 0 Å². The fraction of sp³-hybridized carbons (Fsp3) is 0.609. The summed E-state index contributed by atoms with van der Waals surface area (Å²) < 4.78 is 19.6. The number of benzene rings is 1. The van der Waals surface area contributed by atoms with E-state index in [9.17, 15) is 9.59 Å². The third-order valence-corrected chi connectivity index (χ3v) is 5.95. The number of ether oxygens (including phenoxy) is 3. The molecule has 2 fully saturated rings. The van der Waals surface area contributed by atoms with Crippen LogP contribution in [0.25, 0.3) is 0 Å². The van der Waals surface area contributed by atoms with Crippen molar-refractivity contribution >= 4 is 5.91 Å². The molecule has 174 valence electrons. The van der Waals surface area contributed by atoms with E-state index in [1.807, 2.05) is 28.5 Å². The maximum absolute atomic E-state index is 12.9. The molecular weight excluding hydrogens is 412 g/mol. The van der Waals surface area contributed by atoms with Crippen molar-refractivity contribution in [1.82, 2.24) is 19.2 Å². The predicted octanol–water partition coefficient (Wildman–Crippen LogP) is 2.21. The Morgan fingerprint density at radius 1 is 1.12 bits per heavy atom. The van der Waals surface area contributed by atoms with Gasteiger partial charge in [-0.2, -0.15) is 5.10 Å². The lowest BCUT2D eigenvalue weighted by Gasteiger charge is -2.32. The second kappa shape index (κ2) is 10.2. The minimum Gasteiger partial charge on any atom is -0.494 e. The number of nitrogens with zero attached hydrogens (tertiary/aromatic N) is 4. The number of amides is 1. The summed E-state index contributed by atoms with van der Waals surface area (Å²) in [5.41, 5.74) is -0.0677. The molecular formula is C23H32N4O5. The Bertz CT molecular complexity index is 964. The van der Waals surface area contributed by atoms with Gasteiger partial charge in [-0.1, -0.05) is 0 Å². The molecule has 1 aliphatic carbocycles. The van der Waals surface area contributed by atoms with E-state index in [0.29, 0.717) is 38.6 Å². The lowest BCUT2D eigenvalue weighted by Crippen LogP contribution is -2.42. The van der Waals surface area contributed by atoms with Gasteiger partial charge in [0.15, 0.2) is 6.61 Å². The third kappa shape index (κ3) is 5.15. The van der Waals surface area contributed by atoms with E-state index in [2.05, 4.69) is 5.10 Å². The molecule has 1 unspecified atom stereocenters. The first kappa shape index (κ1) is 22.4. The summed E-state index contributed by atoms with van der Waals surface area (Å²) in [5.74, 6) is 2.21. The summed E-state index contributed by atoms with van der Waals surface area (Å²) in [6.07, 6.45) is 3.81. The van der Waals surface area contributed by atoms with Crippen molar-refractivity contribution in [3.05, 3.63) is 40.6 Å². The van der Waals surface area contributed by atoms with Gasteiger partial charge in [0.1, 0.15) is 17.3 Å². The molecule has 0 spiro atoms. The Balaban J connectivity index is 1.40. The van der Waals surface area contributed by atoms with Gasteiger partial charge in [0, 0.05) is 32.2 Å². The van der Waals surface area contributed by atoms with Crippen LogP contribution in [0.4, 0.5) is 0 Å². The monoisotopic (exact) mass is 444 g/mol. The molecule has 1 aliphatic heterocycles. The molecule has 1 amide bonds. The summed E-state index contributed by atoms with van der Waals surface area (Å²) in [4.78, 5) is 27.5. The summed E-state index contributed by atoms with van der Waals surface area (Å²) in [6, 6.07) is 7.51. The van der Waals surface area contributed by atoms with Gasteiger partial charge < -0.3 is 19.1 Å². The maximum atomic E-state index is 12.9. The van der Waals surface area contributed by atoms with Crippen LogP contribution in [0.15, 0.2) is 29.1 Å². The highest BCUT2D eigenvalue weighted by Crippen LogP contribution is 2.37. The van der Waals surface area contributed by atoms with Crippen LogP contribution in [0.5, 0.6) is 11.5 Å². The largest absolute Gasteiger partial charge is 0.494 e. The van der Waals surface area contributed by atoms with E-state index in [1.54, 1.807) is 19.2 Å². The van der Waals surface area contributed by atoms with Crippen molar-refractivity contribution in [2.24, 2.45) is 0 Å². The standard InChI is InChI=1S/C23H32N4O5/c1-3-31-19-8-10-20(11-9-19)32-16-21(28)25-12-4-5-17(15-25)22-24-26(13-14-30-2)23(29)27(22)18-6-7-18/h8-11,17-18H,3-7,12-16H2,1-2H3. The molecule has 1 aromatic carbocycles. The van der Waals surface area contributed by atoms with Crippen LogP contribution < -0.4 is 15.2 Å². The van der Waals surface area contributed by atoms with Gasteiger partial charge >= 0.3 is 5.69 Å². The number of hydrogen-bond donors (Lipinski definition) is 0. The first-order valence-electron chi connectivity index (χ1n) is 11.4. The Labute approximate surface area is 187 Å². The van der Waals surface area contributed by atoms with Crippen LogP contribution in [0.2, 0.25) is 0 Å². The average molecular weight is 445 g/mol. The van der Waals surface area contributed by atoms with Crippen molar-refractivity contribution in [3.8, 4) is 11.5 Å². The summed E-state index contributed by atoms with van der Waals surface area (Å²) >= 11 is 0. The van der Waals surface area contributed by atoms with Gasteiger partial charge in [0.25, 0.3) is 5.91 Å². The Morgan fingerprint density at radius 2 is 1.84 bits per heavy atom. The van der Waals surface area contributed by atoms with E-state index >= 15 is 0 Å². The van der Waals surface area contributed by atoms with E-state index in [4.69, 9.17) is 14.2 Å². The fourth-order valence-corrected chi connectivity index (χ4v) is 4.16. The minimum absolute atomic E-state index is 0.0155. The van der Waals surface area contributed by atoms with E-state index < -0.39 is 0 Å². The number of likely N-dealkylation sites (tertiary alicyclic amines) is 1. The molecule has 2 aromatic rings. The highest BCUT2D eigenvalue weighted by Gasteiger charge is 2.35.